The van der Waals surface area contributed by atoms with Crippen LogP contribution in [0.1, 0.15) is 5.69 Å². The molecule has 0 aliphatic heterocycles. The van der Waals surface area contributed by atoms with Crippen LogP contribution >= 0.6 is 23.8 Å². The Kier molecular flexibility index (Phi) is 5.77. The molecule has 0 spiro atoms. The molecule has 0 atom stereocenters. The topological polar surface area (TPSA) is 109 Å². The largest absolute Gasteiger partial charge is 0.338 e. The molecule has 4 rings (SSSR count). The standard InChI is InChI=1S/C20H16ClN5O3S2/c1-12-10-19(29-25-12)26-31(27,28)15-5-3-14(4-6-15)23-20(30)24-17-8-9-22-18-11-13(21)2-7-16(17)18/h2-11,26H,1H3,(H2,22,23,24,30). The van der Waals surface area contributed by atoms with Crippen molar-refractivity contribution in [1.29, 1.82) is 0 Å². The Labute approximate surface area is 188 Å². The highest BCUT2D eigenvalue weighted by Gasteiger charge is 2.16. The number of fused-ring (bicyclic) bond motifs is 1. The highest BCUT2D eigenvalue weighted by atomic mass is 35.5. The van der Waals surface area contributed by atoms with Gasteiger partial charge in [0.15, 0.2) is 5.11 Å². The molecule has 0 saturated carbocycles. The normalized spacial score (nSPS) is 11.3. The van der Waals surface area contributed by atoms with Crippen LogP contribution in [-0.4, -0.2) is 23.7 Å². The second-order valence-electron chi connectivity index (χ2n) is 6.56. The van der Waals surface area contributed by atoms with E-state index in [-0.39, 0.29) is 10.8 Å². The number of hydrogen-bond acceptors (Lipinski definition) is 6. The lowest BCUT2D eigenvalue weighted by molar-refractivity contribution is 0.430. The maximum atomic E-state index is 12.5. The number of hydrogen-bond donors (Lipinski definition) is 3. The molecule has 0 amide bonds. The zero-order chi connectivity index (χ0) is 22.0. The van der Waals surface area contributed by atoms with Gasteiger partial charge in [-0.3, -0.25) is 4.98 Å². The first-order valence-corrected chi connectivity index (χ1v) is 11.3. The van der Waals surface area contributed by atoms with Gasteiger partial charge in [-0.05, 0) is 67.7 Å². The van der Waals surface area contributed by atoms with E-state index in [0.29, 0.717) is 21.5 Å². The van der Waals surface area contributed by atoms with Gasteiger partial charge in [-0.25, -0.2) is 13.1 Å². The third-order valence-electron chi connectivity index (χ3n) is 4.24. The van der Waals surface area contributed by atoms with Crippen LogP contribution in [0.4, 0.5) is 17.3 Å². The van der Waals surface area contributed by atoms with Crippen molar-refractivity contribution in [2.24, 2.45) is 0 Å². The third-order valence-corrected chi connectivity index (χ3v) is 6.04. The quantitative estimate of drug-likeness (QED) is 0.355. The number of benzene rings is 2. The van der Waals surface area contributed by atoms with Crippen LogP contribution in [0.15, 0.2) is 70.2 Å². The Balaban J connectivity index is 1.45. The number of nitrogens with zero attached hydrogens (tertiary/aromatic N) is 2. The summed E-state index contributed by atoms with van der Waals surface area (Å²) in [5.41, 5.74) is 2.70. The lowest BCUT2D eigenvalue weighted by Crippen LogP contribution is -2.19. The molecule has 0 aliphatic rings. The highest BCUT2D eigenvalue weighted by Crippen LogP contribution is 2.25. The van der Waals surface area contributed by atoms with Crippen LogP contribution in [-0.2, 0) is 10.0 Å². The van der Waals surface area contributed by atoms with Crippen molar-refractivity contribution >= 4 is 67.1 Å². The molecule has 0 bridgehead atoms. The van der Waals surface area contributed by atoms with Gasteiger partial charge in [-0.15, -0.1) is 0 Å². The first kappa shape index (κ1) is 21.0. The maximum Gasteiger partial charge on any atom is 0.264 e. The van der Waals surface area contributed by atoms with E-state index in [2.05, 4.69) is 25.5 Å². The Morgan fingerprint density at radius 3 is 2.55 bits per heavy atom. The van der Waals surface area contributed by atoms with E-state index in [0.717, 1.165) is 16.6 Å². The van der Waals surface area contributed by atoms with Gasteiger partial charge in [0.05, 0.1) is 21.8 Å². The summed E-state index contributed by atoms with van der Waals surface area (Å²) < 4.78 is 32.2. The highest BCUT2D eigenvalue weighted by molar-refractivity contribution is 7.92. The first-order chi connectivity index (χ1) is 14.8. The zero-order valence-electron chi connectivity index (χ0n) is 16.1. The van der Waals surface area contributed by atoms with Gasteiger partial charge < -0.3 is 15.2 Å². The van der Waals surface area contributed by atoms with Crippen LogP contribution < -0.4 is 15.4 Å². The summed E-state index contributed by atoms with van der Waals surface area (Å²) in [6, 6.07) is 14.8. The van der Waals surface area contributed by atoms with Gasteiger partial charge in [0.25, 0.3) is 10.0 Å². The predicted molar refractivity (Wildman–Crippen MR) is 125 cm³/mol. The summed E-state index contributed by atoms with van der Waals surface area (Å²) >= 11 is 11.4. The van der Waals surface area contributed by atoms with Crippen LogP contribution in [0.5, 0.6) is 0 Å². The minimum absolute atomic E-state index is 0.0518. The van der Waals surface area contributed by atoms with Crippen molar-refractivity contribution in [3.63, 3.8) is 0 Å². The summed E-state index contributed by atoms with van der Waals surface area (Å²) in [6.07, 6.45) is 1.66. The fourth-order valence-corrected chi connectivity index (χ4v) is 4.20. The summed E-state index contributed by atoms with van der Waals surface area (Å²) in [5, 5.41) is 11.6. The van der Waals surface area contributed by atoms with Gasteiger partial charge in [0.2, 0.25) is 5.88 Å². The predicted octanol–water partition coefficient (Wildman–Crippen LogP) is 4.79. The van der Waals surface area contributed by atoms with Crippen molar-refractivity contribution in [3.05, 3.63) is 71.5 Å². The number of thiocarbonyl (C=S) groups is 1. The van der Waals surface area contributed by atoms with E-state index >= 15 is 0 Å². The van der Waals surface area contributed by atoms with E-state index in [1.54, 1.807) is 43.5 Å². The first-order valence-electron chi connectivity index (χ1n) is 8.99. The fourth-order valence-electron chi connectivity index (χ4n) is 2.84. The lowest BCUT2D eigenvalue weighted by atomic mass is 10.2. The SMILES string of the molecule is Cc1cc(NS(=O)(=O)c2ccc(NC(=S)Nc3ccnc4cc(Cl)ccc34)cc2)on1. The molecule has 0 unspecified atom stereocenters. The molecule has 11 heteroatoms. The molecule has 31 heavy (non-hydrogen) atoms. The van der Waals surface area contributed by atoms with Crippen LogP contribution in [0.2, 0.25) is 5.02 Å². The maximum absolute atomic E-state index is 12.5. The van der Waals surface area contributed by atoms with E-state index < -0.39 is 10.0 Å². The number of rotatable bonds is 5. The van der Waals surface area contributed by atoms with E-state index in [9.17, 15) is 8.42 Å². The van der Waals surface area contributed by atoms with Gasteiger partial charge in [-0.2, -0.15) is 0 Å². The Morgan fingerprint density at radius 2 is 1.84 bits per heavy atom. The number of aromatic nitrogens is 2. The van der Waals surface area contributed by atoms with E-state index in [1.165, 1.54) is 18.2 Å². The molecular weight excluding hydrogens is 458 g/mol. The van der Waals surface area contributed by atoms with Crippen molar-refractivity contribution in [3.8, 4) is 0 Å². The molecule has 158 valence electrons. The Morgan fingerprint density at radius 1 is 1.06 bits per heavy atom. The van der Waals surface area contributed by atoms with Crippen molar-refractivity contribution in [1.82, 2.24) is 10.1 Å². The van der Waals surface area contributed by atoms with Crippen LogP contribution in [0, 0.1) is 6.92 Å². The van der Waals surface area contributed by atoms with Crippen LogP contribution in [0.25, 0.3) is 10.9 Å². The summed E-state index contributed by atoms with van der Waals surface area (Å²) in [7, 11) is -3.80. The number of sulfonamides is 1. The molecule has 8 nitrogen and oxygen atoms in total. The molecule has 0 radical (unpaired) electrons. The Bertz CT molecular complexity index is 1370. The molecule has 2 heterocycles. The molecular formula is C20H16ClN5O3S2. The minimum atomic E-state index is -3.80. The van der Waals surface area contributed by atoms with Crippen molar-refractivity contribution < 1.29 is 12.9 Å². The van der Waals surface area contributed by atoms with E-state index in [4.69, 9.17) is 28.3 Å². The van der Waals surface area contributed by atoms with Gasteiger partial charge >= 0.3 is 0 Å². The van der Waals surface area contributed by atoms with Crippen molar-refractivity contribution in [2.75, 3.05) is 15.4 Å². The van der Waals surface area contributed by atoms with Gasteiger partial charge in [-0.1, -0.05) is 16.8 Å². The summed E-state index contributed by atoms with van der Waals surface area (Å²) in [5.74, 6) is 0.0518. The van der Waals surface area contributed by atoms with Gasteiger partial charge in [0.1, 0.15) is 0 Å². The monoisotopic (exact) mass is 473 g/mol. The molecule has 3 N–H and O–H groups in total. The fraction of sp³-hybridized carbons (Fsp3) is 0.0500. The number of halogens is 1. The van der Waals surface area contributed by atoms with Gasteiger partial charge in [0, 0.05) is 28.4 Å². The minimum Gasteiger partial charge on any atom is -0.338 e. The summed E-state index contributed by atoms with van der Waals surface area (Å²) in [4.78, 5) is 4.37. The summed E-state index contributed by atoms with van der Waals surface area (Å²) in [6.45, 7) is 1.70. The number of nitrogens with one attached hydrogen (secondary N) is 3. The third kappa shape index (κ3) is 4.93. The molecule has 2 aromatic carbocycles. The zero-order valence-corrected chi connectivity index (χ0v) is 18.5. The number of pyridine rings is 1. The second-order valence-corrected chi connectivity index (χ2v) is 9.09. The average molecular weight is 474 g/mol. The number of aryl methyl sites for hydroxylation is 1. The molecule has 0 fully saturated rings. The number of anilines is 3. The second kappa shape index (κ2) is 8.50. The Hall–Kier alpha value is -3.21. The lowest BCUT2D eigenvalue weighted by Gasteiger charge is -2.13. The van der Waals surface area contributed by atoms with Crippen molar-refractivity contribution in [2.45, 2.75) is 11.8 Å². The molecule has 4 aromatic rings. The molecule has 2 aromatic heterocycles. The van der Waals surface area contributed by atoms with E-state index in [1.807, 2.05) is 6.07 Å². The molecule has 0 saturated heterocycles. The average Bonchev–Trinajstić information content (AvgIpc) is 3.12. The van der Waals surface area contributed by atoms with Crippen LogP contribution in [0.3, 0.4) is 0 Å². The smallest absolute Gasteiger partial charge is 0.264 e. The molecule has 0 aliphatic carbocycles.